The maximum Gasteiger partial charge on any atom is 0.242 e. The fraction of sp³-hybridized carbons (Fsp3) is 0.636. The van der Waals surface area contributed by atoms with E-state index in [2.05, 4.69) is 0 Å². The minimum Gasteiger partial charge on any atom is -0.393 e. The number of nitrogens with zero attached hydrogens (tertiary/aromatic N) is 2. The van der Waals surface area contributed by atoms with Crippen molar-refractivity contribution in [1.82, 2.24) is 9.80 Å². The first-order chi connectivity index (χ1) is 13.5. The molecule has 28 heavy (non-hydrogen) atoms. The van der Waals surface area contributed by atoms with E-state index in [4.69, 9.17) is 4.74 Å². The quantitative estimate of drug-likeness (QED) is 0.865. The number of ether oxygens (including phenoxy) is 1. The van der Waals surface area contributed by atoms with Crippen LogP contribution in [0.15, 0.2) is 30.3 Å². The van der Waals surface area contributed by atoms with E-state index in [0.29, 0.717) is 38.9 Å². The fourth-order valence-electron chi connectivity index (χ4n) is 4.81. The molecule has 2 atom stereocenters. The van der Waals surface area contributed by atoms with E-state index in [-0.39, 0.29) is 36.2 Å². The third kappa shape index (κ3) is 4.23. The van der Waals surface area contributed by atoms with Crippen molar-refractivity contribution in [3.63, 3.8) is 0 Å². The van der Waals surface area contributed by atoms with Crippen LogP contribution >= 0.6 is 0 Å². The molecule has 6 heteroatoms. The lowest BCUT2D eigenvalue weighted by atomic mass is 9.81. The standard InChI is InChI=1S/C22H30N2O4/c25-18-14-19(17-6-2-1-3-7-17)28-22(15-18)9-12-23(13-10-22)21(27)16-24-11-5-4-8-20(24)26/h1-3,6-7,18-19,25H,4-5,8-16H2/t18-,19-/m1/s1. The summed E-state index contributed by atoms with van der Waals surface area (Å²) in [6, 6.07) is 10.1. The van der Waals surface area contributed by atoms with Gasteiger partial charge in [0.1, 0.15) is 0 Å². The Hall–Kier alpha value is -1.92. The van der Waals surface area contributed by atoms with Gasteiger partial charge in [0, 0.05) is 38.9 Å². The minimum atomic E-state index is -0.382. The van der Waals surface area contributed by atoms with E-state index in [1.165, 1.54) is 0 Å². The Kier molecular flexibility index (Phi) is 5.69. The number of hydrogen-bond acceptors (Lipinski definition) is 4. The molecule has 3 saturated heterocycles. The summed E-state index contributed by atoms with van der Waals surface area (Å²) >= 11 is 0. The van der Waals surface area contributed by atoms with Crippen LogP contribution in [0, 0.1) is 0 Å². The highest BCUT2D eigenvalue weighted by molar-refractivity contribution is 5.85. The van der Waals surface area contributed by atoms with Crippen molar-refractivity contribution < 1.29 is 19.4 Å². The normalized spacial score (nSPS) is 27.8. The minimum absolute atomic E-state index is 0.0288. The van der Waals surface area contributed by atoms with Crippen molar-refractivity contribution in [3.8, 4) is 0 Å². The summed E-state index contributed by atoms with van der Waals surface area (Å²) in [4.78, 5) is 28.2. The van der Waals surface area contributed by atoms with E-state index >= 15 is 0 Å². The number of likely N-dealkylation sites (tertiary alicyclic amines) is 2. The van der Waals surface area contributed by atoms with Crippen molar-refractivity contribution in [2.45, 2.75) is 62.8 Å². The summed E-state index contributed by atoms with van der Waals surface area (Å²) in [6.45, 7) is 2.13. The lowest BCUT2D eigenvalue weighted by Crippen LogP contribution is -2.54. The van der Waals surface area contributed by atoms with Crippen molar-refractivity contribution in [2.75, 3.05) is 26.2 Å². The van der Waals surface area contributed by atoms with Gasteiger partial charge in [0.25, 0.3) is 0 Å². The molecule has 0 bridgehead atoms. The molecule has 1 N–H and O–H groups in total. The smallest absolute Gasteiger partial charge is 0.242 e. The molecule has 0 aliphatic carbocycles. The molecular weight excluding hydrogens is 356 g/mol. The molecule has 0 unspecified atom stereocenters. The predicted molar refractivity (Wildman–Crippen MR) is 104 cm³/mol. The summed E-state index contributed by atoms with van der Waals surface area (Å²) in [5.74, 6) is 0.124. The number of carbonyl (C=O) groups is 2. The van der Waals surface area contributed by atoms with Gasteiger partial charge in [-0.2, -0.15) is 0 Å². The van der Waals surface area contributed by atoms with Crippen LogP contribution in [0.25, 0.3) is 0 Å². The number of aliphatic hydroxyl groups excluding tert-OH is 1. The molecule has 6 nitrogen and oxygen atoms in total. The second kappa shape index (κ2) is 8.21. The lowest BCUT2D eigenvalue weighted by Gasteiger charge is -2.48. The molecule has 3 heterocycles. The average molecular weight is 386 g/mol. The molecule has 4 rings (SSSR count). The molecule has 1 aromatic rings. The number of amides is 2. The van der Waals surface area contributed by atoms with Gasteiger partial charge < -0.3 is 19.6 Å². The Morgan fingerprint density at radius 1 is 1.14 bits per heavy atom. The summed E-state index contributed by atoms with van der Waals surface area (Å²) in [5.41, 5.74) is 0.735. The van der Waals surface area contributed by atoms with Gasteiger partial charge in [-0.25, -0.2) is 0 Å². The van der Waals surface area contributed by atoms with Crippen molar-refractivity contribution in [2.24, 2.45) is 0 Å². The summed E-state index contributed by atoms with van der Waals surface area (Å²) in [6.07, 6.45) is 4.69. The third-order valence-corrected chi connectivity index (χ3v) is 6.43. The summed E-state index contributed by atoms with van der Waals surface area (Å²) < 4.78 is 6.50. The van der Waals surface area contributed by atoms with E-state index in [1.807, 2.05) is 35.2 Å². The molecule has 152 valence electrons. The average Bonchev–Trinajstić information content (AvgIpc) is 2.70. The molecule has 3 aliphatic heterocycles. The van der Waals surface area contributed by atoms with Crippen LogP contribution in [0.3, 0.4) is 0 Å². The van der Waals surface area contributed by atoms with Crippen LogP contribution in [-0.2, 0) is 14.3 Å². The Bertz CT molecular complexity index is 700. The first kappa shape index (κ1) is 19.4. The second-order valence-electron chi connectivity index (χ2n) is 8.45. The first-order valence-corrected chi connectivity index (χ1v) is 10.5. The van der Waals surface area contributed by atoms with Gasteiger partial charge in [-0.1, -0.05) is 30.3 Å². The van der Waals surface area contributed by atoms with Crippen LogP contribution in [0.1, 0.15) is 56.6 Å². The Morgan fingerprint density at radius 3 is 2.61 bits per heavy atom. The molecule has 1 spiro atoms. The van der Waals surface area contributed by atoms with E-state index in [1.54, 1.807) is 4.90 Å². The van der Waals surface area contributed by atoms with Crippen molar-refractivity contribution in [3.05, 3.63) is 35.9 Å². The molecule has 3 aliphatic rings. The van der Waals surface area contributed by atoms with Gasteiger partial charge in [0.05, 0.1) is 24.4 Å². The van der Waals surface area contributed by atoms with Gasteiger partial charge in [-0.15, -0.1) is 0 Å². The molecule has 0 aromatic heterocycles. The highest BCUT2D eigenvalue weighted by Gasteiger charge is 2.44. The van der Waals surface area contributed by atoms with Crippen LogP contribution in [-0.4, -0.2) is 64.6 Å². The molecule has 0 radical (unpaired) electrons. The van der Waals surface area contributed by atoms with Crippen LogP contribution in [0.4, 0.5) is 0 Å². The Labute approximate surface area is 166 Å². The van der Waals surface area contributed by atoms with Crippen molar-refractivity contribution in [1.29, 1.82) is 0 Å². The summed E-state index contributed by atoms with van der Waals surface area (Å²) in [5, 5.41) is 10.5. The van der Waals surface area contributed by atoms with Crippen LogP contribution in [0.2, 0.25) is 0 Å². The van der Waals surface area contributed by atoms with E-state index < -0.39 is 0 Å². The number of hydrogen-bond donors (Lipinski definition) is 1. The monoisotopic (exact) mass is 386 g/mol. The Balaban J connectivity index is 1.35. The SMILES string of the molecule is O=C(CN1CCCCC1=O)N1CCC2(CC1)C[C@H](O)C[C@H](c1ccccc1)O2. The number of piperidine rings is 2. The lowest BCUT2D eigenvalue weighted by molar-refractivity contribution is -0.186. The number of carbonyl (C=O) groups excluding carboxylic acids is 2. The third-order valence-electron chi connectivity index (χ3n) is 6.43. The first-order valence-electron chi connectivity index (χ1n) is 10.5. The zero-order valence-electron chi connectivity index (χ0n) is 16.4. The number of rotatable bonds is 3. The summed E-state index contributed by atoms with van der Waals surface area (Å²) in [7, 11) is 0. The van der Waals surface area contributed by atoms with E-state index in [9.17, 15) is 14.7 Å². The highest BCUT2D eigenvalue weighted by Crippen LogP contribution is 2.42. The van der Waals surface area contributed by atoms with Gasteiger partial charge in [0.2, 0.25) is 11.8 Å². The fourth-order valence-corrected chi connectivity index (χ4v) is 4.81. The second-order valence-corrected chi connectivity index (χ2v) is 8.45. The van der Waals surface area contributed by atoms with Gasteiger partial charge in [0.15, 0.2) is 0 Å². The molecule has 1 aromatic carbocycles. The zero-order chi connectivity index (χ0) is 19.6. The van der Waals surface area contributed by atoms with E-state index in [0.717, 1.165) is 31.2 Å². The van der Waals surface area contributed by atoms with Crippen LogP contribution < -0.4 is 0 Å². The highest BCUT2D eigenvalue weighted by atomic mass is 16.5. The molecule has 3 fully saturated rings. The zero-order valence-corrected chi connectivity index (χ0v) is 16.4. The maximum absolute atomic E-state index is 12.7. The Morgan fingerprint density at radius 2 is 1.89 bits per heavy atom. The molecular formula is C22H30N2O4. The van der Waals surface area contributed by atoms with Gasteiger partial charge in [-0.05, 0) is 31.2 Å². The van der Waals surface area contributed by atoms with Gasteiger partial charge in [-0.3, -0.25) is 9.59 Å². The molecule has 2 amide bonds. The van der Waals surface area contributed by atoms with Crippen LogP contribution in [0.5, 0.6) is 0 Å². The van der Waals surface area contributed by atoms with Crippen molar-refractivity contribution >= 4 is 11.8 Å². The topological polar surface area (TPSA) is 70.1 Å². The maximum atomic E-state index is 12.7. The molecule has 0 saturated carbocycles. The predicted octanol–water partition coefficient (Wildman–Crippen LogP) is 2.27. The number of aliphatic hydroxyl groups is 1. The largest absolute Gasteiger partial charge is 0.393 e. The van der Waals surface area contributed by atoms with Gasteiger partial charge >= 0.3 is 0 Å². The number of benzene rings is 1.